The fraction of sp³-hybridized carbons (Fsp3) is 0.567. The summed E-state index contributed by atoms with van der Waals surface area (Å²) in [6, 6.07) is 10.4. The van der Waals surface area contributed by atoms with Crippen molar-refractivity contribution in [2.75, 3.05) is 0 Å². The van der Waals surface area contributed by atoms with Gasteiger partial charge in [-0.2, -0.15) is 10.4 Å². The molecule has 0 bridgehead atoms. The molecule has 1 aromatic heterocycles. The van der Waals surface area contributed by atoms with Gasteiger partial charge >= 0.3 is 0 Å². The van der Waals surface area contributed by atoms with E-state index < -0.39 is 0 Å². The standard InChI is InChI=1S/C23H29N5O.C5H12.C2H6/c1-6-7-19(23(3,4)5)20-15(2)29-22(25)18(12-24)21(20)16-8-10-17(11-9-16)28-14-26-13-27-28;1-5(2,3)4;1-2/h8-11,13-14,19,21H,6-7,25H2,1-5H3;1-4H3;1-2H3. The van der Waals surface area contributed by atoms with Crippen molar-refractivity contribution in [3.8, 4) is 11.8 Å². The zero-order valence-electron chi connectivity index (χ0n) is 24.3. The first-order valence-electron chi connectivity index (χ1n) is 13.0. The molecule has 0 fully saturated rings. The number of ether oxygens (including phenoxy) is 1. The van der Waals surface area contributed by atoms with E-state index in [1.165, 1.54) is 6.33 Å². The van der Waals surface area contributed by atoms with E-state index in [-0.39, 0.29) is 23.1 Å². The maximum atomic E-state index is 9.90. The van der Waals surface area contributed by atoms with Gasteiger partial charge in [-0.15, -0.1) is 0 Å². The average molecular weight is 494 g/mol. The molecule has 3 rings (SSSR count). The fourth-order valence-electron chi connectivity index (χ4n) is 4.20. The van der Waals surface area contributed by atoms with Gasteiger partial charge in [0.2, 0.25) is 5.88 Å². The Morgan fingerprint density at radius 1 is 1.08 bits per heavy atom. The van der Waals surface area contributed by atoms with Crippen LogP contribution in [0.3, 0.4) is 0 Å². The van der Waals surface area contributed by atoms with Crippen molar-refractivity contribution >= 4 is 0 Å². The molecule has 0 amide bonds. The SMILES string of the molecule is CC.CC(C)(C)C.CCCC(C1=C(C)OC(N)=C(C#N)C1c1ccc(-n2cncn2)cc1)C(C)(C)C. The molecule has 1 aliphatic rings. The first-order chi connectivity index (χ1) is 16.8. The molecule has 6 nitrogen and oxygen atoms in total. The van der Waals surface area contributed by atoms with Crippen LogP contribution in [0.2, 0.25) is 0 Å². The van der Waals surface area contributed by atoms with Gasteiger partial charge in [-0.05, 0) is 53.4 Å². The first-order valence-corrected chi connectivity index (χ1v) is 13.0. The summed E-state index contributed by atoms with van der Waals surface area (Å²) < 4.78 is 7.56. The van der Waals surface area contributed by atoms with Gasteiger partial charge in [0.15, 0.2) is 0 Å². The summed E-state index contributed by atoms with van der Waals surface area (Å²) in [6.45, 7) is 23.6. The summed E-state index contributed by atoms with van der Waals surface area (Å²) in [5.74, 6) is 1.06. The topological polar surface area (TPSA) is 89.8 Å². The lowest BCUT2D eigenvalue weighted by atomic mass is 9.67. The second kappa shape index (κ2) is 13.3. The van der Waals surface area contributed by atoms with Crippen molar-refractivity contribution in [1.29, 1.82) is 5.26 Å². The van der Waals surface area contributed by atoms with Gasteiger partial charge in [-0.3, -0.25) is 0 Å². The summed E-state index contributed by atoms with van der Waals surface area (Å²) in [5, 5.41) is 14.1. The number of hydrogen-bond donors (Lipinski definition) is 1. The Bertz CT molecular complexity index is 1040. The second-order valence-electron chi connectivity index (χ2n) is 11.6. The minimum Gasteiger partial charge on any atom is -0.445 e. The Morgan fingerprint density at radius 2 is 1.64 bits per heavy atom. The number of nitrogens with zero attached hydrogens (tertiary/aromatic N) is 4. The Kier molecular flexibility index (Phi) is 11.4. The van der Waals surface area contributed by atoms with Gasteiger partial charge < -0.3 is 10.5 Å². The highest BCUT2D eigenvalue weighted by Gasteiger charge is 2.39. The third-order valence-electron chi connectivity index (χ3n) is 5.56. The van der Waals surface area contributed by atoms with Crippen LogP contribution in [-0.2, 0) is 4.74 Å². The van der Waals surface area contributed by atoms with Crippen LogP contribution in [0.5, 0.6) is 0 Å². The third kappa shape index (κ3) is 8.55. The van der Waals surface area contributed by atoms with E-state index in [0.29, 0.717) is 11.0 Å². The largest absolute Gasteiger partial charge is 0.445 e. The maximum Gasteiger partial charge on any atom is 0.205 e. The molecule has 2 heterocycles. The van der Waals surface area contributed by atoms with Gasteiger partial charge in [0.1, 0.15) is 30.1 Å². The second-order valence-corrected chi connectivity index (χ2v) is 11.6. The molecule has 2 aromatic rings. The first kappa shape index (κ1) is 31.0. The molecule has 2 N–H and O–H groups in total. The van der Waals surface area contributed by atoms with Crippen LogP contribution < -0.4 is 5.73 Å². The normalized spacial score (nSPS) is 16.7. The highest BCUT2D eigenvalue weighted by molar-refractivity contribution is 5.51. The summed E-state index contributed by atoms with van der Waals surface area (Å²) in [4.78, 5) is 4.00. The van der Waals surface area contributed by atoms with Gasteiger partial charge in [-0.1, -0.05) is 87.8 Å². The van der Waals surface area contributed by atoms with Gasteiger partial charge in [0, 0.05) is 5.92 Å². The molecule has 0 saturated heterocycles. The monoisotopic (exact) mass is 493 g/mol. The van der Waals surface area contributed by atoms with Crippen LogP contribution in [0.15, 0.2) is 59.7 Å². The molecule has 198 valence electrons. The molecule has 36 heavy (non-hydrogen) atoms. The summed E-state index contributed by atoms with van der Waals surface area (Å²) in [5.41, 5.74) is 10.2. The van der Waals surface area contributed by atoms with Crippen molar-refractivity contribution < 1.29 is 4.74 Å². The van der Waals surface area contributed by atoms with Crippen LogP contribution in [0, 0.1) is 28.1 Å². The Morgan fingerprint density at radius 3 is 2.06 bits per heavy atom. The molecular formula is C30H47N5O. The molecule has 1 aromatic carbocycles. The number of hydrogen-bond acceptors (Lipinski definition) is 5. The molecule has 0 saturated carbocycles. The number of rotatable bonds is 5. The Balaban J connectivity index is 0.000000826. The number of allylic oxidation sites excluding steroid dienone is 3. The zero-order chi connectivity index (χ0) is 27.7. The van der Waals surface area contributed by atoms with E-state index in [2.05, 4.69) is 71.5 Å². The van der Waals surface area contributed by atoms with Gasteiger partial charge in [0.25, 0.3) is 0 Å². The van der Waals surface area contributed by atoms with Crippen LogP contribution >= 0.6 is 0 Å². The van der Waals surface area contributed by atoms with Crippen molar-refractivity contribution in [3.63, 3.8) is 0 Å². The number of nitrogens with two attached hydrogens (primary N) is 1. The lowest BCUT2D eigenvalue weighted by Crippen LogP contribution is -2.30. The minimum atomic E-state index is -0.214. The fourth-order valence-corrected chi connectivity index (χ4v) is 4.20. The molecule has 2 unspecified atom stereocenters. The molecule has 0 radical (unpaired) electrons. The smallest absolute Gasteiger partial charge is 0.205 e. The average Bonchev–Trinajstić information content (AvgIpc) is 3.32. The number of nitriles is 1. The van der Waals surface area contributed by atoms with E-state index in [4.69, 9.17) is 10.5 Å². The predicted molar refractivity (Wildman–Crippen MR) is 149 cm³/mol. The van der Waals surface area contributed by atoms with E-state index in [1.54, 1.807) is 11.0 Å². The maximum absolute atomic E-state index is 9.90. The minimum absolute atomic E-state index is 0.0293. The Labute approximate surface area is 219 Å². The van der Waals surface area contributed by atoms with Crippen LogP contribution in [0.4, 0.5) is 0 Å². The van der Waals surface area contributed by atoms with Gasteiger partial charge in [0.05, 0.1) is 5.69 Å². The lowest BCUT2D eigenvalue weighted by molar-refractivity contribution is 0.217. The quantitative estimate of drug-likeness (QED) is 0.457. The van der Waals surface area contributed by atoms with Crippen LogP contribution in [-0.4, -0.2) is 14.8 Å². The predicted octanol–water partition coefficient (Wildman–Crippen LogP) is 7.89. The van der Waals surface area contributed by atoms with Crippen molar-refractivity contribution in [1.82, 2.24) is 14.8 Å². The highest BCUT2D eigenvalue weighted by atomic mass is 16.5. The van der Waals surface area contributed by atoms with Gasteiger partial charge in [-0.25, -0.2) is 9.67 Å². The Hall–Kier alpha value is -3.07. The van der Waals surface area contributed by atoms with E-state index >= 15 is 0 Å². The summed E-state index contributed by atoms with van der Waals surface area (Å²) in [7, 11) is 0. The highest BCUT2D eigenvalue weighted by Crippen LogP contribution is 2.48. The third-order valence-corrected chi connectivity index (χ3v) is 5.56. The molecule has 6 heteroatoms. The lowest BCUT2D eigenvalue weighted by Gasteiger charge is -2.39. The van der Waals surface area contributed by atoms with Crippen LogP contribution in [0.25, 0.3) is 5.69 Å². The molecule has 2 atom stereocenters. The zero-order valence-corrected chi connectivity index (χ0v) is 24.3. The van der Waals surface area contributed by atoms with Crippen molar-refractivity contribution in [3.05, 3.63) is 65.3 Å². The summed E-state index contributed by atoms with van der Waals surface area (Å²) >= 11 is 0. The van der Waals surface area contributed by atoms with Crippen LogP contribution in [0.1, 0.15) is 100 Å². The molecule has 0 aliphatic carbocycles. The number of benzene rings is 1. The molecule has 0 spiro atoms. The van der Waals surface area contributed by atoms with Crippen molar-refractivity contribution in [2.24, 2.45) is 22.5 Å². The van der Waals surface area contributed by atoms with Crippen molar-refractivity contribution in [2.45, 2.75) is 94.9 Å². The molecule has 1 aliphatic heterocycles. The summed E-state index contributed by atoms with van der Waals surface area (Å²) in [6.07, 6.45) is 5.24. The molecular weight excluding hydrogens is 446 g/mol. The van der Waals surface area contributed by atoms with E-state index in [9.17, 15) is 5.26 Å². The van der Waals surface area contributed by atoms with E-state index in [0.717, 1.165) is 35.4 Å². The van der Waals surface area contributed by atoms with E-state index in [1.807, 2.05) is 45.0 Å². The number of aromatic nitrogens is 3.